The van der Waals surface area contributed by atoms with Gasteiger partial charge in [0.1, 0.15) is 5.54 Å². The lowest BCUT2D eigenvalue weighted by molar-refractivity contribution is -0.133. The third kappa shape index (κ3) is 2.67. The van der Waals surface area contributed by atoms with Crippen LogP contribution in [0.15, 0.2) is 60.3 Å². The Morgan fingerprint density at radius 3 is 2.48 bits per heavy atom. The van der Waals surface area contributed by atoms with Gasteiger partial charge in [0.25, 0.3) is 5.91 Å². The second kappa shape index (κ2) is 6.54. The van der Waals surface area contributed by atoms with Crippen LogP contribution in [0.25, 0.3) is 0 Å². The van der Waals surface area contributed by atoms with Crippen LogP contribution in [0, 0.1) is 0 Å². The molecule has 1 N–H and O–H groups in total. The number of likely N-dealkylation sites (N-methyl/N-ethyl adjacent to an activating group) is 1. The standard InChI is InChI=1S/C25H25N3O3/c1-24(2)19-10-6-7-11-20(19)27(3)21(24)14-17(29)15-28-22(30)25(26-23(28)31)13-12-16-8-4-5-9-18(16)25/h4-11,14H,12-13,15H2,1-3H3,(H,26,31)/t25-/m0/s1. The molecule has 1 aliphatic carbocycles. The summed E-state index contributed by atoms with van der Waals surface area (Å²) >= 11 is 0. The number of fused-ring (bicyclic) bond motifs is 3. The quantitative estimate of drug-likeness (QED) is 0.617. The third-order valence-electron chi connectivity index (χ3n) is 6.97. The van der Waals surface area contributed by atoms with E-state index in [1.54, 1.807) is 6.08 Å². The van der Waals surface area contributed by atoms with Crippen molar-refractivity contribution in [3.05, 3.63) is 77.0 Å². The fourth-order valence-electron chi connectivity index (χ4n) is 5.35. The van der Waals surface area contributed by atoms with E-state index in [4.69, 9.17) is 0 Å². The Kier molecular flexibility index (Phi) is 4.13. The van der Waals surface area contributed by atoms with Gasteiger partial charge in [-0.2, -0.15) is 0 Å². The molecule has 0 bridgehead atoms. The number of anilines is 1. The van der Waals surface area contributed by atoms with Crippen molar-refractivity contribution in [2.45, 2.75) is 37.6 Å². The molecule has 0 saturated carbocycles. The first-order valence-electron chi connectivity index (χ1n) is 10.6. The number of carbonyl (C=O) groups is 3. The van der Waals surface area contributed by atoms with E-state index < -0.39 is 11.6 Å². The lowest BCUT2D eigenvalue weighted by Gasteiger charge is -2.24. The van der Waals surface area contributed by atoms with Crippen LogP contribution in [0.2, 0.25) is 0 Å². The van der Waals surface area contributed by atoms with Gasteiger partial charge in [0, 0.05) is 29.9 Å². The molecule has 1 spiro atoms. The van der Waals surface area contributed by atoms with Gasteiger partial charge in [0.05, 0.1) is 6.54 Å². The number of hydrogen-bond donors (Lipinski definition) is 1. The third-order valence-corrected chi connectivity index (χ3v) is 6.97. The van der Waals surface area contributed by atoms with Crippen molar-refractivity contribution >= 4 is 23.4 Å². The van der Waals surface area contributed by atoms with Crippen molar-refractivity contribution in [3.63, 3.8) is 0 Å². The summed E-state index contributed by atoms with van der Waals surface area (Å²) in [5, 5.41) is 2.88. The number of hydrogen-bond acceptors (Lipinski definition) is 4. The van der Waals surface area contributed by atoms with Crippen LogP contribution in [0.1, 0.15) is 37.0 Å². The minimum atomic E-state index is -1.04. The number of urea groups is 1. The van der Waals surface area contributed by atoms with Crippen LogP contribution in [0.5, 0.6) is 0 Å². The van der Waals surface area contributed by atoms with Gasteiger partial charge in [0.2, 0.25) is 0 Å². The van der Waals surface area contributed by atoms with Crippen molar-refractivity contribution < 1.29 is 14.4 Å². The molecule has 1 saturated heterocycles. The summed E-state index contributed by atoms with van der Waals surface area (Å²) in [6.45, 7) is 3.89. The smallest absolute Gasteiger partial charge is 0.325 e. The highest BCUT2D eigenvalue weighted by atomic mass is 16.2. The molecule has 31 heavy (non-hydrogen) atoms. The molecule has 6 heteroatoms. The average Bonchev–Trinajstić information content (AvgIpc) is 3.30. The molecule has 0 unspecified atom stereocenters. The predicted octanol–water partition coefficient (Wildman–Crippen LogP) is 3.26. The molecule has 3 aliphatic rings. The summed E-state index contributed by atoms with van der Waals surface area (Å²) in [4.78, 5) is 42.1. The van der Waals surface area contributed by atoms with Gasteiger partial charge in [-0.25, -0.2) is 4.79 Å². The lowest BCUT2D eigenvalue weighted by Crippen LogP contribution is -2.42. The number of rotatable bonds is 3. The number of nitrogens with zero attached hydrogens (tertiary/aromatic N) is 2. The summed E-state index contributed by atoms with van der Waals surface area (Å²) < 4.78 is 0. The maximum Gasteiger partial charge on any atom is 0.325 e. The van der Waals surface area contributed by atoms with E-state index in [9.17, 15) is 14.4 Å². The molecule has 3 amide bonds. The molecule has 2 heterocycles. The van der Waals surface area contributed by atoms with Gasteiger partial charge in [0.15, 0.2) is 5.78 Å². The number of amides is 3. The summed E-state index contributed by atoms with van der Waals surface area (Å²) in [6.07, 6.45) is 2.83. The zero-order valence-corrected chi connectivity index (χ0v) is 17.9. The first-order chi connectivity index (χ1) is 14.8. The van der Waals surface area contributed by atoms with Crippen LogP contribution in [0.3, 0.4) is 0 Å². The van der Waals surface area contributed by atoms with Crippen molar-refractivity contribution in [2.24, 2.45) is 0 Å². The van der Waals surface area contributed by atoms with Crippen LogP contribution in [0.4, 0.5) is 10.5 Å². The topological polar surface area (TPSA) is 69.7 Å². The summed E-state index contributed by atoms with van der Waals surface area (Å²) in [6, 6.07) is 15.2. The molecule has 0 aromatic heterocycles. The van der Waals surface area contributed by atoms with E-state index >= 15 is 0 Å². The molecule has 1 atom stereocenters. The Balaban J connectivity index is 1.41. The van der Waals surface area contributed by atoms with E-state index in [0.29, 0.717) is 6.42 Å². The highest BCUT2D eigenvalue weighted by Gasteiger charge is 2.55. The van der Waals surface area contributed by atoms with Crippen LogP contribution in [-0.2, 0) is 27.0 Å². The van der Waals surface area contributed by atoms with Crippen molar-refractivity contribution in [3.8, 4) is 0 Å². The number of benzene rings is 2. The fourth-order valence-corrected chi connectivity index (χ4v) is 5.35. The predicted molar refractivity (Wildman–Crippen MR) is 118 cm³/mol. The Bertz CT molecular complexity index is 1170. The average molecular weight is 415 g/mol. The van der Waals surface area contributed by atoms with E-state index in [-0.39, 0.29) is 23.7 Å². The van der Waals surface area contributed by atoms with E-state index in [2.05, 4.69) is 25.2 Å². The molecule has 1 fully saturated rings. The number of aryl methyl sites for hydroxylation is 1. The van der Waals surface area contributed by atoms with E-state index in [1.165, 1.54) is 0 Å². The van der Waals surface area contributed by atoms with Crippen molar-refractivity contribution in [1.82, 2.24) is 10.2 Å². The number of nitrogens with one attached hydrogen (secondary N) is 1. The summed E-state index contributed by atoms with van der Waals surface area (Å²) in [5.74, 6) is -0.605. The Hall–Kier alpha value is -3.41. The molecule has 5 rings (SSSR count). The molecule has 2 aromatic rings. The van der Waals surface area contributed by atoms with E-state index in [1.807, 2.05) is 54.4 Å². The Morgan fingerprint density at radius 2 is 1.74 bits per heavy atom. The largest absolute Gasteiger partial charge is 0.347 e. The van der Waals surface area contributed by atoms with Gasteiger partial charge in [-0.3, -0.25) is 14.5 Å². The molecule has 6 nitrogen and oxygen atoms in total. The first-order valence-corrected chi connectivity index (χ1v) is 10.6. The minimum absolute atomic E-state index is 0.266. The Morgan fingerprint density at radius 1 is 1.06 bits per heavy atom. The number of carbonyl (C=O) groups excluding carboxylic acids is 3. The first kappa shape index (κ1) is 19.5. The highest BCUT2D eigenvalue weighted by Crippen LogP contribution is 2.46. The van der Waals surface area contributed by atoms with Crippen molar-refractivity contribution in [1.29, 1.82) is 0 Å². The molecule has 2 aromatic carbocycles. The minimum Gasteiger partial charge on any atom is -0.347 e. The number of ketones is 1. The van der Waals surface area contributed by atoms with E-state index in [0.717, 1.165) is 39.4 Å². The maximum absolute atomic E-state index is 13.3. The van der Waals surface area contributed by atoms with Gasteiger partial charge >= 0.3 is 6.03 Å². The molecular formula is C25H25N3O3. The zero-order chi connectivity index (χ0) is 22.0. The SMILES string of the molecule is CN1C(=CC(=O)CN2C(=O)N[C@]3(CCc4ccccc43)C2=O)C(C)(C)c2ccccc21. The van der Waals surface area contributed by atoms with Gasteiger partial charge in [-0.05, 0) is 35.6 Å². The molecule has 158 valence electrons. The highest BCUT2D eigenvalue weighted by molar-refractivity contribution is 6.11. The van der Waals surface area contributed by atoms with Crippen LogP contribution < -0.4 is 10.2 Å². The number of imide groups is 1. The van der Waals surface area contributed by atoms with Gasteiger partial charge in [-0.1, -0.05) is 56.3 Å². The maximum atomic E-state index is 13.3. The zero-order valence-electron chi connectivity index (χ0n) is 17.9. The van der Waals surface area contributed by atoms with Gasteiger partial charge < -0.3 is 10.2 Å². The van der Waals surface area contributed by atoms with Crippen molar-refractivity contribution in [2.75, 3.05) is 18.5 Å². The monoisotopic (exact) mass is 415 g/mol. The normalized spacial score (nSPS) is 24.7. The van der Waals surface area contributed by atoms with Crippen LogP contribution >= 0.6 is 0 Å². The molecule has 0 radical (unpaired) electrons. The number of para-hydroxylation sites is 1. The summed E-state index contributed by atoms with van der Waals surface area (Å²) in [7, 11) is 1.94. The lowest BCUT2D eigenvalue weighted by atomic mass is 9.83. The van der Waals surface area contributed by atoms with Gasteiger partial charge in [-0.15, -0.1) is 0 Å². The second-order valence-electron chi connectivity index (χ2n) is 9.08. The fraction of sp³-hybridized carbons (Fsp3) is 0.320. The van der Waals surface area contributed by atoms with Crippen LogP contribution in [-0.4, -0.2) is 36.2 Å². The number of allylic oxidation sites excluding steroid dienone is 1. The molecule has 2 aliphatic heterocycles. The molecular weight excluding hydrogens is 390 g/mol. The summed E-state index contributed by atoms with van der Waals surface area (Å²) in [5.41, 5.74) is 3.58. The Labute approximate surface area is 181 Å². The second-order valence-corrected chi connectivity index (χ2v) is 9.08.